The Kier molecular flexibility index (Phi) is 9.66. The van der Waals surface area contributed by atoms with E-state index in [0.717, 1.165) is 0 Å². The summed E-state index contributed by atoms with van der Waals surface area (Å²) in [5.74, 6) is 2.49. The van der Waals surface area contributed by atoms with Crippen LogP contribution in [0.3, 0.4) is 0 Å². The van der Waals surface area contributed by atoms with Crippen molar-refractivity contribution in [2.24, 2.45) is 10.7 Å². The Balaban J connectivity index is 0.00000392. The van der Waals surface area contributed by atoms with Gasteiger partial charge in [-0.05, 0) is 30.3 Å². The van der Waals surface area contributed by atoms with Gasteiger partial charge in [-0.3, -0.25) is 4.99 Å². The van der Waals surface area contributed by atoms with Gasteiger partial charge in [-0.15, -0.1) is 24.0 Å². The van der Waals surface area contributed by atoms with E-state index >= 15 is 0 Å². The second kappa shape index (κ2) is 11.4. The first-order valence-electron chi connectivity index (χ1n) is 8.21. The zero-order chi connectivity index (χ0) is 19.8. The maximum Gasteiger partial charge on any atom is 0.193 e. The summed E-state index contributed by atoms with van der Waals surface area (Å²) in [5.41, 5.74) is 7.17. The van der Waals surface area contributed by atoms with Crippen molar-refractivity contribution in [1.29, 1.82) is 0 Å². The molecule has 0 amide bonds. The number of methoxy groups -OCH3 is 4. The fourth-order valence-electron chi connectivity index (χ4n) is 2.48. The lowest BCUT2D eigenvalue weighted by Crippen LogP contribution is -2.23. The highest BCUT2D eigenvalue weighted by Crippen LogP contribution is 2.30. The van der Waals surface area contributed by atoms with Gasteiger partial charge in [-0.1, -0.05) is 0 Å². The van der Waals surface area contributed by atoms with Gasteiger partial charge in [0.1, 0.15) is 17.6 Å². The van der Waals surface area contributed by atoms with Crippen molar-refractivity contribution < 1.29 is 24.1 Å². The standard InChI is InChI=1S/C19H25N3O5.HI/c1-24-13-6-8-16(25-2)14(10-13)15(23)11-21-19(20)22-12-5-7-17(26-3)18(9-12)27-4;/h5-10,15,23H,11H2,1-4H3,(H3,20,21,22);1H. The fourth-order valence-corrected chi connectivity index (χ4v) is 2.48. The molecule has 2 aromatic rings. The fraction of sp³-hybridized carbons (Fsp3) is 0.316. The molecule has 1 atom stereocenters. The van der Waals surface area contributed by atoms with Crippen molar-refractivity contribution in [3.63, 3.8) is 0 Å². The smallest absolute Gasteiger partial charge is 0.193 e. The highest BCUT2D eigenvalue weighted by Gasteiger charge is 2.14. The van der Waals surface area contributed by atoms with Crippen LogP contribution in [-0.2, 0) is 0 Å². The minimum absolute atomic E-state index is 0. The number of aliphatic hydroxyl groups is 1. The van der Waals surface area contributed by atoms with Crippen LogP contribution in [0.25, 0.3) is 0 Å². The summed E-state index contributed by atoms with van der Waals surface area (Å²) in [6.07, 6.45) is -0.902. The summed E-state index contributed by atoms with van der Waals surface area (Å²) in [6, 6.07) is 10.5. The average Bonchev–Trinajstić information content (AvgIpc) is 2.71. The molecule has 28 heavy (non-hydrogen) atoms. The number of hydrogen-bond donors (Lipinski definition) is 3. The Morgan fingerprint density at radius 2 is 1.61 bits per heavy atom. The van der Waals surface area contributed by atoms with E-state index < -0.39 is 6.10 Å². The normalized spacial score (nSPS) is 11.8. The van der Waals surface area contributed by atoms with E-state index in [9.17, 15) is 5.11 Å². The molecule has 2 aromatic carbocycles. The Bertz CT molecular complexity index is 801. The number of aliphatic hydroxyl groups excluding tert-OH is 1. The maximum absolute atomic E-state index is 10.5. The Morgan fingerprint density at radius 1 is 0.964 bits per heavy atom. The Labute approximate surface area is 181 Å². The van der Waals surface area contributed by atoms with Gasteiger partial charge in [0.05, 0.1) is 35.0 Å². The monoisotopic (exact) mass is 503 g/mol. The third-order valence-corrected chi connectivity index (χ3v) is 3.89. The molecule has 0 heterocycles. The SMILES string of the molecule is COc1ccc(OC)c(C(O)CN=C(N)Nc2ccc(OC)c(OC)c2)c1.I. The number of hydrogen-bond acceptors (Lipinski definition) is 6. The van der Waals surface area contributed by atoms with Crippen molar-refractivity contribution in [2.45, 2.75) is 6.10 Å². The Hall–Kier alpha value is -2.40. The summed E-state index contributed by atoms with van der Waals surface area (Å²) in [5, 5.41) is 13.4. The third-order valence-electron chi connectivity index (χ3n) is 3.89. The van der Waals surface area contributed by atoms with E-state index in [0.29, 0.717) is 34.2 Å². The van der Waals surface area contributed by atoms with Crippen LogP contribution in [0, 0.1) is 0 Å². The summed E-state index contributed by atoms with van der Waals surface area (Å²) >= 11 is 0. The van der Waals surface area contributed by atoms with Crippen molar-refractivity contribution >= 4 is 35.6 Å². The number of anilines is 1. The molecule has 2 rings (SSSR count). The van der Waals surface area contributed by atoms with E-state index in [-0.39, 0.29) is 36.5 Å². The van der Waals surface area contributed by atoms with Gasteiger partial charge in [0.15, 0.2) is 17.5 Å². The minimum Gasteiger partial charge on any atom is -0.497 e. The van der Waals surface area contributed by atoms with Crippen LogP contribution in [0.1, 0.15) is 11.7 Å². The van der Waals surface area contributed by atoms with Crippen LogP contribution in [-0.4, -0.2) is 46.1 Å². The lowest BCUT2D eigenvalue weighted by atomic mass is 10.1. The molecule has 8 nitrogen and oxygen atoms in total. The summed E-state index contributed by atoms with van der Waals surface area (Å²) < 4.78 is 20.9. The third kappa shape index (κ3) is 6.06. The minimum atomic E-state index is -0.902. The van der Waals surface area contributed by atoms with Crippen LogP contribution in [0.2, 0.25) is 0 Å². The molecule has 0 spiro atoms. The number of halogens is 1. The molecule has 0 aliphatic rings. The summed E-state index contributed by atoms with van der Waals surface area (Å²) in [4.78, 5) is 4.19. The van der Waals surface area contributed by atoms with Crippen LogP contribution < -0.4 is 30.0 Å². The first-order valence-corrected chi connectivity index (χ1v) is 8.21. The zero-order valence-corrected chi connectivity index (χ0v) is 18.6. The van der Waals surface area contributed by atoms with Gasteiger partial charge in [-0.2, -0.15) is 0 Å². The van der Waals surface area contributed by atoms with E-state index in [1.54, 1.807) is 57.7 Å². The number of nitrogens with one attached hydrogen (secondary N) is 1. The van der Waals surface area contributed by atoms with Gasteiger partial charge in [0.25, 0.3) is 0 Å². The van der Waals surface area contributed by atoms with Crippen molar-refractivity contribution in [3.8, 4) is 23.0 Å². The van der Waals surface area contributed by atoms with Crippen LogP contribution in [0.5, 0.6) is 23.0 Å². The van der Waals surface area contributed by atoms with E-state index in [1.165, 1.54) is 7.11 Å². The average molecular weight is 503 g/mol. The van der Waals surface area contributed by atoms with Gasteiger partial charge in [0.2, 0.25) is 0 Å². The lowest BCUT2D eigenvalue weighted by molar-refractivity contribution is 0.182. The van der Waals surface area contributed by atoms with Crippen LogP contribution in [0.15, 0.2) is 41.4 Å². The van der Waals surface area contributed by atoms with Gasteiger partial charge >= 0.3 is 0 Å². The first kappa shape index (κ1) is 23.6. The molecule has 0 saturated carbocycles. The molecule has 0 aromatic heterocycles. The molecule has 0 fully saturated rings. The molecule has 9 heteroatoms. The van der Waals surface area contributed by atoms with Crippen LogP contribution in [0.4, 0.5) is 5.69 Å². The van der Waals surface area contributed by atoms with Gasteiger partial charge in [-0.25, -0.2) is 0 Å². The topological polar surface area (TPSA) is 108 Å². The van der Waals surface area contributed by atoms with Crippen molar-refractivity contribution in [2.75, 3.05) is 40.3 Å². The summed E-state index contributed by atoms with van der Waals surface area (Å²) in [6.45, 7) is 0.0512. The van der Waals surface area contributed by atoms with E-state index in [4.69, 9.17) is 24.7 Å². The highest BCUT2D eigenvalue weighted by molar-refractivity contribution is 14.0. The molecular weight excluding hydrogens is 477 g/mol. The maximum atomic E-state index is 10.5. The molecular formula is C19H26IN3O5. The van der Waals surface area contributed by atoms with Crippen molar-refractivity contribution in [3.05, 3.63) is 42.0 Å². The number of guanidine groups is 1. The molecule has 0 aliphatic heterocycles. The molecule has 1 unspecified atom stereocenters. The number of benzene rings is 2. The molecule has 0 radical (unpaired) electrons. The zero-order valence-electron chi connectivity index (χ0n) is 16.3. The van der Waals surface area contributed by atoms with E-state index in [1.807, 2.05) is 0 Å². The largest absolute Gasteiger partial charge is 0.497 e. The number of aliphatic imine (C=N–C) groups is 1. The van der Waals surface area contributed by atoms with Crippen molar-refractivity contribution in [1.82, 2.24) is 0 Å². The second-order valence-corrected chi connectivity index (χ2v) is 5.54. The molecule has 0 saturated heterocycles. The lowest BCUT2D eigenvalue weighted by Gasteiger charge is -2.15. The summed E-state index contributed by atoms with van der Waals surface area (Å²) in [7, 11) is 6.21. The number of nitrogens with zero attached hydrogens (tertiary/aromatic N) is 1. The molecule has 0 aliphatic carbocycles. The molecule has 154 valence electrons. The number of rotatable bonds is 8. The van der Waals surface area contributed by atoms with Crippen LogP contribution >= 0.6 is 24.0 Å². The van der Waals surface area contributed by atoms with E-state index in [2.05, 4.69) is 10.3 Å². The second-order valence-electron chi connectivity index (χ2n) is 5.54. The quantitative estimate of drug-likeness (QED) is 0.289. The predicted octanol–water partition coefficient (Wildman–Crippen LogP) is 2.80. The molecule has 4 N–H and O–H groups in total. The number of ether oxygens (including phenoxy) is 4. The predicted molar refractivity (Wildman–Crippen MR) is 120 cm³/mol. The van der Waals surface area contributed by atoms with Gasteiger partial charge in [0, 0.05) is 17.3 Å². The Morgan fingerprint density at radius 3 is 2.21 bits per heavy atom. The highest BCUT2D eigenvalue weighted by atomic mass is 127. The number of nitrogens with two attached hydrogens (primary N) is 1. The van der Waals surface area contributed by atoms with Gasteiger partial charge < -0.3 is 35.1 Å². The molecule has 0 bridgehead atoms. The first-order chi connectivity index (χ1) is 13.0.